The number of nitrogens with zero attached hydrogens (tertiary/aromatic N) is 2. The summed E-state index contributed by atoms with van der Waals surface area (Å²) in [6.45, 7) is 3.91. The van der Waals surface area contributed by atoms with Gasteiger partial charge in [-0.1, -0.05) is 36.8 Å². The summed E-state index contributed by atoms with van der Waals surface area (Å²) in [7, 11) is 0. The zero-order chi connectivity index (χ0) is 15.0. The first-order valence-electron chi connectivity index (χ1n) is 7.02. The summed E-state index contributed by atoms with van der Waals surface area (Å²) in [5, 5.41) is 10.3. The first-order valence-corrected chi connectivity index (χ1v) is 7.02. The van der Waals surface area contributed by atoms with E-state index in [9.17, 15) is 9.50 Å². The molecule has 0 bridgehead atoms. The van der Waals surface area contributed by atoms with E-state index in [-0.39, 0.29) is 5.82 Å². The number of hydrogen-bond donors (Lipinski definition) is 1. The second-order valence-electron chi connectivity index (χ2n) is 5.21. The second-order valence-corrected chi connectivity index (χ2v) is 5.21. The quantitative estimate of drug-likeness (QED) is 0.792. The molecular formula is C17H17FN2O. The van der Waals surface area contributed by atoms with E-state index in [4.69, 9.17) is 0 Å². The van der Waals surface area contributed by atoms with E-state index in [1.165, 1.54) is 12.3 Å². The third-order valence-electron chi connectivity index (χ3n) is 3.65. The lowest BCUT2D eigenvalue weighted by Crippen LogP contribution is -2.02. The Balaban J connectivity index is 2.28. The van der Waals surface area contributed by atoms with E-state index >= 15 is 0 Å². The first kappa shape index (κ1) is 13.8. The Kier molecular flexibility index (Phi) is 3.47. The van der Waals surface area contributed by atoms with Crippen molar-refractivity contribution in [1.82, 2.24) is 9.38 Å². The van der Waals surface area contributed by atoms with Gasteiger partial charge >= 0.3 is 0 Å². The van der Waals surface area contributed by atoms with Crippen LogP contribution in [0.15, 0.2) is 42.6 Å². The van der Waals surface area contributed by atoms with Gasteiger partial charge in [0.15, 0.2) is 0 Å². The Morgan fingerprint density at radius 3 is 2.57 bits per heavy atom. The van der Waals surface area contributed by atoms with E-state index in [0.29, 0.717) is 23.5 Å². The number of aliphatic hydroxyl groups is 1. The maximum absolute atomic E-state index is 13.5. The van der Waals surface area contributed by atoms with Crippen molar-refractivity contribution >= 4 is 5.65 Å². The van der Waals surface area contributed by atoms with Crippen LogP contribution < -0.4 is 0 Å². The lowest BCUT2D eigenvalue weighted by Gasteiger charge is -2.11. The fraction of sp³-hybridized carbons (Fsp3) is 0.235. The number of imidazole rings is 1. The molecule has 0 aliphatic heterocycles. The van der Waals surface area contributed by atoms with Crippen molar-refractivity contribution < 1.29 is 9.50 Å². The van der Waals surface area contributed by atoms with Gasteiger partial charge in [-0.2, -0.15) is 0 Å². The molecule has 3 nitrogen and oxygen atoms in total. The number of aliphatic hydroxyl groups excluding tert-OH is 1. The molecule has 21 heavy (non-hydrogen) atoms. The molecule has 2 aromatic heterocycles. The molecule has 0 aliphatic carbocycles. The SMILES string of the molecule is CCC(O)c1c(-c2ccc(C)cc2)nc2ccc(F)cn12. The van der Waals surface area contributed by atoms with Gasteiger partial charge in [0.25, 0.3) is 0 Å². The van der Waals surface area contributed by atoms with Crippen molar-refractivity contribution in [2.45, 2.75) is 26.4 Å². The smallest absolute Gasteiger partial charge is 0.139 e. The summed E-state index contributed by atoms with van der Waals surface area (Å²) in [4.78, 5) is 4.56. The van der Waals surface area contributed by atoms with Crippen LogP contribution in [-0.4, -0.2) is 14.5 Å². The molecule has 1 N–H and O–H groups in total. The summed E-state index contributed by atoms with van der Waals surface area (Å²) in [5.74, 6) is -0.347. The van der Waals surface area contributed by atoms with E-state index in [1.807, 2.05) is 38.1 Å². The lowest BCUT2D eigenvalue weighted by molar-refractivity contribution is 0.168. The van der Waals surface area contributed by atoms with Gasteiger partial charge < -0.3 is 5.11 Å². The van der Waals surface area contributed by atoms with Gasteiger partial charge in [0, 0.05) is 11.8 Å². The normalized spacial score (nSPS) is 12.8. The van der Waals surface area contributed by atoms with Crippen molar-refractivity contribution in [3.63, 3.8) is 0 Å². The Hall–Kier alpha value is -2.20. The maximum Gasteiger partial charge on any atom is 0.139 e. The molecule has 1 atom stereocenters. The number of hydrogen-bond acceptors (Lipinski definition) is 2. The van der Waals surface area contributed by atoms with Crippen LogP contribution in [0, 0.1) is 12.7 Å². The average Bonchev–Trinajstić information content (AvgIpc) is 2.85. The molecule has 0 aliphatic rings. The zero-order valence-corrected chi connectivity index (χ0v) is 12.0. The molecule has 0 radical (unpaired) electrons. The van der Waals surface area contributed by atoms with Crippen molar-refractivity contribution in [3.05, 3.63) is 59.7 Å². The Morgan fingerprint density at radius 2 is 1.90 bits per heavy atom. The second kappa shape index (κ2) is 5.30. The molecule has 3 aromatic rings. The van der Waals surface area contributed by atoms with Gasteiger partial charge in [0.05, 0.1) is 17.5 Å². The minimum Gasteiger partial charge on any atom is -0.387 e. The minimum atomic E-state index is -0.682. The van der Waals surface area contributed by atoms with Gasteiger partial charge in [0.2, 0.25) is 0 Å². The highest BCUT2D eigenvalue weighted by Gasteiger charge is 2.19. The van der Waals surface area contributed by atoms with Crippen LogP contribution in [0.5, 0.6) is 0 Å². The molecule has 3 rings (SSSR count). The zero-order valence-electron chi connectivity index (χ0n) is 12.0. The molecule has 0 spiro atoms. The third-order valence-corrected chi connectivity index (χ3v) is 3.65. The maximum atomic E-state index is 13.5. The minimum absolute atomic E-state index is 0.347. The van der Waals surface area contributed by atoms with Gasteiger partial charge in [-0.3, -0.25) is 4.40 Å². The van der Waals surface area contributed by atoms with Gasteiger partial charge in [-0.15, -0.1) is 0 Å². The highest BCUT2D eigenvalue weighted by atomic mass is 19.1. The monoisotopic (exact) mass is 284 g/mol. The van der Waals surface area contributed by atoms with Crippen LogP contribution in [-0.2, 0) is 0 Å². The lowest BCUT2D eigenvalue weighted by atomic mass is 10.0. The number of pyridine rings is 1. The number of aryl methyl sites for hydroxylation is 1. The number of fused-ring (bicyclic) bond motifs is 1. The standard InChI is InChI=1S/C17H17FN2O/c1-3-14(21)17-16(12-6-4-11(2)5-7-12)19-15-9-8-13(18)10-20(15)17/h4-10,14,21H,3H2,1-2H3. The highest BCUT2D eigenvalue weighted by molar-refractivity contribution is 5.67. The molecule has 0 saturated heterocycles. The molecule has 1 aromatic carbocycles. The van der Waals surface area contributed by atoms with Crippen molar-refractivity contribution in [1.29, 1.82) is 0 Å². The van der Waals surface area contributed by atoms with Crippen molar-refractivity contribution in [3.8, 4) is 11.3 Å². The molecule has 1 unspecified atom stereocenters. The Labute approximate surface area is 122 Å². The number of benzene rings is 1. The summed E-state index contributed by atoms with van der Waals surface area (Å²) in [6.07, 6.45) is 1.23. The highest BCUT2D eigenvalue weighted by Crippen LogP contribution is 2.30. The van der Waals surface area contributed by atoms with Crippen LogP contribution in [0.25, 0.3) is 16.9 Å². The molecular weight excluding hydrogens is 267 g/mol. The van der Waals surface area contributed by atoms with Crippen LogP contribution >= 0.6 is 0 Å². The fourth-order valence-electron chi connectivity index (χ4n) is 2.47. The molecule has 0 saturated carbocycles. The largest absolute Gasteiger partial charge is 0.387 e. The third kappa shape index (κ3) is 2.43. The van der Waals surface area contributed by atoms with Crippen LogP contribution in [0.4, 0.5) is 4.39 Å². The summed E-state index contributed by atoms with van der Waals surface area (Å²) >= 11 is 0. The molecule has 4 heteroatoms. The fourth-order valence-corrected chi connectivity index (χ4v) is 2.47. The molecule has 0 amide bonds. The van der Waals surface area contributed by atoms with Gasteiger partial charge in [-0.25, -0.2) is 9.37 Å². The Bertz CT molecular complexity index is 777. The predicted octanol–water partition coefficient (Wildman–Crippen LogP) is 3.89. The average molecular weight is 284 g/mol. The van der Waals surface area contributed by atoms with E-state index in [2.05, 4.69) is 4.98 Å². The Morgan fingerprint density at radius 1 is 1.19 bits per heavy atom. The number of halogens is 1. The number of aromatic nitrogens is 2. The molecule has 0 fully saturated rings. The van der Waals surface area contributed by atoms with Crippen LogP contribution in [0.1, 0.15) is 30.7 Å². The van der Waals surface area contributed by atoms with E-state index in [1.54, 1.807) is 10.5 Å². The number of rotatable bonds is 3. The topological polar surface area (TPSA) is 37.5 Å². The molecule has 2 heterocycles. The van der Waals surface area contributed by atoms with Crippen molar-refractivity contribution in [2.75, 3.05) is 0 Å². The van der Waals surface area contributed by atoms with E-state index in [0.717, 1.165) is 11.1 Å². The molecule has 108 valence electrons. The van der Waals surface area contributed by atoms with Gasteiger partial charge in [0.1, 0.15) is 11.5 Å². The van der Waals surface area contributed by atoms with Crippen LogP contribution in [0.2, 0.25) is 0 Å². The predicted molar refractivity (Wildman–Crippen MR) is 80.6 cm³/mol. The summed E-state index contributed by atoms with van der Waals surface area (Å²) in [5.41, 5.74) is 4.05. The van der Waals surface area contributed by atoms with E-state index < -0.39 is 6.10 Å². The van der Waals surface area contributed by atoms with Gasteiger partial charge in [-0.05, 0) is 25.5 Å². The van der Waals surface area contributed by atoms with Crippen molar-refractivity contribution in [2.24, 2.45) is 0 Å². The first-order chi connectivity index (χ1) is 10.1. The summed E-state index contributed by atoms with van der Waals surface area (Å²) < 4.78 is 15.2. The van der Waals surface area contributed by atoms with Crippen LogP contribution in [0.3, 0.4) is 0 Å². The summed E-state index contributed by atoms with van der Waals surface area (Å²) in [6, 6.07) is 10.9.